The summed E-state index contributed by atoms with van der Waals surface area (Å²) in [4.78, 5) is 18.2. The van der Waals surface area contributed by atoms with E-state index in [1.54, 1.807) is 48.2 Å². The second-order valence-corrected chi connectivity index (χ2v) is 10.6. The highest BCUT2D eigenvalue weighted by Crippen LogP contribution is 2.38. The molecular weight excluding hydrogens is 599 g/mol. The van der Waals surface area contributed by atoms with Crippen LogP contribution in [0.1, 0.15) is 27.0 Å². The summed E-state index contributed by atoms with van der Waals surface area (Å²) in [6.07, 6.45) is -2.97. The van der Waals surface area contributed by atoms with E-state index in [1.807, 2.05) is 12.1 Å². The van der Waals surface area contributed by atoms with Crippen molar-refractivity contribution in [3.05, 3.63) is 89.1 Å². The van der Waals surface area contributed by atoms with Crippen LogP contribution in [0.5, 0.6) is 22.4 Å². The van der Waals surface area contributed by atoms with Gasteiger partial charge in [0.05, 0.1) is 38.5 Å². The van der Waals surface area contributed by atoms with Crippen molar-refractivity contribution in [3.63, 3.8) is 0 Å². The van der Waals surface area contributed by atoms with Crippen molar-refractivity contribution in [1.82, 2.24) is 14.6 Å². The van der Waals surface area contributed by atoms with E-state index < -0.39 is 17.5 Å². The van der Waals surface area contributed by atoms with Gasteiger partial charge in [0.25, 0.3) is 5.19 Å². The SMILES string of the molecule is COc1cc(C(=O)Cc2cccc(COc3cc(OC)cc4oc(-c5cn6nc(OC)sc6n5)cc34)c2)cc(C(F)(F)F)c1. The van der Waals surface area contributed by atoms with E-state index in [2.05, 4.69) is 10.1 Å². The average Bonchev–Trinajstić information content (AvgIpc) is 3.72. The Bertz CT molecular complexity index is 1960. The third-order valence-corrected chi connectivity index (χ3v) is 7.69. The summed E-state index contributed by atoms with van der Waals surface area (Å²) >= 11 is 1.30. The van der Waals surface area contributed by atoms with Gasteiger partial charge in [-0.2, -0.15) is 13.2 Å². The highest BCUT2D eigenvalue weighted by atomic mass is 32.1. The van der Waals surface area contributed by atoms with Gasteiger partial charge in [0.1, 0.15) is 35.1 Å². The van der Waals surface area contributed by atoms with E-state index in [0.717, 1.165) is 17.7 Å². The van der Waals surface area contributed by atoms with Crippen LogP contribution < -0.4 is 18.9 Å². The van der Waals surface area contributed by atoms with Gasteiger partial charge in [0, 0.05) is 24.1 Å². The van der Waals surface area contributed by atoms with Crippen LogP contribution in [0.3, 0.4) is 0 Å². The van der Waals surface area contributed by atoms with E-state index in [-0.39, 0.29) is 24.3 Å². The maximum atomic E-state index is 13.3. The lowest BCUT2D eigenvalue weighted by Gasteiger charge is -2.12. The van der Waals surface area contributed by atoms with Crippen molar-refractivity contribution in [1.29, 1.82) is 0 Å². The fraction of sp³-hybridized carbons (Fsp3) is 0.194. The molecule has 0 fully saturated rings. The van der Waals surface area contributed by atoms with Gasteiger partial charge in [0.2, 0.25) is 4.96 Å². The summed E-state index contributed by atoms with van der Waals surface area (Å²) in [6.45, 7) is 0.145. The highest BCUT2D eigenvalue weighted by molar-refractivity contribution is 7.18. The first-order valence-corrected chi connectivity index (χ1v) is 14.0. The number of hydrogen-bond acceptors (Lipinski definition) is 9. The number of hydrogen-bond donors (Lipinski definition) is 0. The molecule has 3 aromatic heterocycles. The molecule has 0 radical (unpaired) electrons. The van der Waals surface area contributed by atoms with Crippen molar-refractivity contribution < 1.29 is 41.3 Å². The van der Waals surface area contributed by atoms with Crippen molar-refractivity contribution in [2.45, 2.75) is 19.2 Å². The number of carbonyl (C=O) groups is 1. The smallest absolute Gasteiger partial charge is 0.416 e. The predicted molar refractivity (Wildman–Crippen MR) is 156 cm³/mol. The lowest BCUT2D eigenvalue weighted by molar-refractivity contribution is -0.137. The zero-order valence-electron chi connectivity index (χ0n) is 23.6. The second-order valence-electron chi connectivity index (χ2n) is 9.73. The minimum Gasteiger partial charge on any atom is -0.497 e. The number of alkyl halides is 3. The first-order valence-electron chi connectivity index (χ1n) is 13.2. The molecule has 3 heterocycles. The molecule has 0 aliphatic carbocycles. The average molecular weight is 624 g/mol. The maximum absolute atomic E-state index is 13.3. The van der Waals surface area contributed by atoms with Crippen LogP contribution in [-0.2, 0) is 19.2 Å². The molecule has 9 nitrogen and oxygen atoms in total. The molecule has 0 aliphatic rings. The predicted octanol–water partition coefficient (Wildman–Crippen LogP) is 7.25. The highest BCUT2D eigenvalue weighted by Gasteiger charge is 2.32. The number of aromatic nitrogens is 3. The Morgan fingerprint density at radius 2 is 1.73 bits per heavy atom. The first-order chi connectivity index (χ1) is 21.1. The van der Waals surface area contributed by atoms with Crippen LogP contribution in [0, 0.1) is 0 Å². The molecule has 0 bridgehead atoms. The van der Waals surface area contributed by atoms with Crippen LogP contribution in [-0.4, -0.2) is 41.7 Å². The number of ketones is 1. The largest absolute Gasteiger partial charge is 0.497 e. The van der Waals surface area contributed by atoms with Crippen LogP contribution in [0.25, 0.3) is 27.4 Å². The quantitative estimate of drug-likeness (QED) is 0.147. The number of rotatable bonds is 10. The van der Waals surface area contributed by atoms with Crippen molar-refractivity contribution in [3.8, 4) is 33.9 Å². The normalized spacial score (nSPS) is 11.7. The number of ether oxygens (including phenoxy) is 4. The number of nitrogens with zero attached hydrogens (tertiary/aromatic N) is 3. The van der Waals surface area contributed by atoms with Gasteiger partial charge in [-0.3, -0.25) is 4.79 Å². The monoisotopic (exact) mass is 623 g/mol. The number of benzene rings is 3. The summed E-state index contributed by atoms with van der Waals surface area (Å²) in [6, 6.07) is 15.4. The number of imidazole rings is 1. The van der Waals surface area contributed by atoms with E-state index in [1.165, 1.54) is 31.6 Å². The molecule has 0 atom stereocenters. The Kier molecular flexibility index (Phi) is 7.64. The standard InChI is InChI=1S/C31H24F3N3O6S/c1-39-21-10-19(9-20(11-21)31(32,33)34)25(38)8-17-5-4-6-18(7-17)16-42-26-12-22(40-2)13-27-23(26)14-28(43-27)24-15-37-29(35-24)44-30(36-37)41-3/h4-7,9-15H,8,16H2,1-3H3. The Hall–Kier alpha value is -5.04. The molecule has 0 saturated carbocycles. The van der Waals surface area contributed by atoms with Crippen LogP contribution in [0.4, 0.5) is 13.2 Å². The van der Waals surface area contributed by atoms with E-state index >= 15 is 0 Å². The summed E-state index contributed by atoms with van der Waals surface area (Å²) in [5, 5.41) is 5.49. The Morgan fingerprint density at radius 3 is 2.45 bits per heavy atom. The van der Waals surface area contributed by atoms with Gasteiger partial charge in [-0.15, -0.1) is 5.10 Å². The molecule has 3 aromatic carbocycles. The molecule has 13 heteroatoms. The number of furan rings is 1. The van der Waals surface area contributed by atoms with Gasteiger partial charge in [0.15, 0.2) is 11.5 Å². The molecule has 6 rings (SSSR count). The van der Waals surface area contributed by atoms with Gasteiger partial charge in [-0.05, 0) is 46.7 Å². The number of methoxy groups -OCH3 is 3. The Morgan fingerprint density at radius 1 is 0.955 bits per heavy atom. The molecule has 0 unspecified atom stereocenters. The van der Waals surface area contributed by atoms with Crippen molar-refractivity contribution >= 4 is 33.1 Å². The topological polar surface area (TPSA) is 97.3 Å². The minimum absolute atomic E-state index is 0.0398. The van der Waals surface area contributed by atoms with E-state index in [9.17, 15) is 18.0 Å². The minimum atomic E-state index is -4.61. The number of carbonyl (C=O) groups excluding carboxylic acids is 1. The van der Waals surface area contributed by atoms with E-state index in [0.29, 0.717) is 49.6 Å². The fourth-order valence-electron chi connectivity index (χ4n) is 4.65. The molecule has 0 amide bonds. The zero-order chi connectivity index (χ0) is 31.0. The molecule has 226 valence electrons. The number of halogens is 3. The lowest BCUT2D eigenvalue weighted by Crippen LogP contribution is -2.10. The van der Waals surface area contributed by atoms with Crippen LogP contribution in [0.15, 0.2) is 71.3 Å². The molecular formula is C31H24F3N3O6S. The fourth-order valence-corrected chi connectivity index (χ4v) is 5.35. The molecule has 0 N–H and O–H groups in total. The van der Waals surface area contributed by atoms with Crippen molar-refractivity contribution in [2.75, 3.05) is 21.3 Å². The third kappa shape index (κ3) is 5.91. The molecule has 0 spiro atoms. The summed E-state index contributed by atoms with van der Waals surface area (Å²) < 4.78 is 69.5. The molecule has 0 aliphatic heterocycles. The molecule has 44 heavy (non-hydrogen) atoms. The number of fused-ring (bicyclic) bond motifs is 2. The number of Topliss-reactive ketones (excluding diaryl/α,β-unsaturated/α-hetero) is 1. The summed E-state index contributed by atoms with van der Waals surface area (Å²) in [5.74, 6) is 1.04. The van der Waals surface area contributed by atoms with Crippen LogP contribution >= 0.6 is 11.3 Å². The van der Waals surface area contributed by atoms with Crippen molar-refractivity contribution in [2.24, 2.45) is 0 Å². The van der Waals surface area contributed by atoms with Gasteiger partial charge in [-0.25, -0.2) is 9.50 Å². The van der Waals surface area contributed by atoms with E-state index in [4.69, 9.17) is 23.4 Å². The van der Waals surface area contributed by atoms with Gasteiger partial charge >= 0.3 is 6.18 Å². The molecule has 0 saturated heterocycles. The third-order valence-electron chi connectivity index (χ3n) is 6.80. The summed E-state index contributed by atoms with van der Waals surface area (Å²) in [5.41, 5.74) is 1.47. The van der Waals surface area contributed by atoms with Gasteiger partial charge < -0.3 is 23.4 Å². The Labute approximate surface area is 252 Å². The maximum Gasteiger partial charge on any atom is 0.416 e. The summed E-state index contributed by atoms with van der Waals surface area (Å²) in [7, 11) is 4.34. The zero-order valence-corrected chi connectivity index (χ0v) is 24.4. The Balaban J connectivity index is 1.22. The first kappa shape index (κ1) is 29.1. The second kappa shape index (κ2) is 11.6. The lowest BCUT2D eigenvalue weighted by atomic mass is 9.99. The van der Waals surface area contributed by atoms with Crippen LogP contribution in [0.2, 0.25) is 0 Å². The molecule has 6 aromatic rings. The van der Waals surface area contributed by atoms with Gasteiger partial charge in [-0.1, -0.05) is 24.3 Å².